The quantitative estimate of drug-likeness (QED) is 0.913. The van der Waals surface area contributed by atoms with Crippen LogP contribution in [0.2, 0.25) is 0 Å². The van der Waals surface area contributed by atoms with Crippen LogP contribution in [0.4, 0.5) is 4.79 Å². The average molecular weight is 353 g/mol. The van der Waals surface area contributed by atoms with Crippen LogP contribution in [0.3, 0.4) is 0 Å². The lowest BCUT2D eigenvalue weighted by Crippen LogP contribution is -2.42. The van der Waals surface area contributed by atoms with E-state index in [0.717, 1.165) is 25.3 Å². The molecule has 3 rings (SSSR count). The van der Waals surface area contributed by atoms with Crippen molar-refractivity contribution in [2.45, 2.75) is 44.9 Å². The molecular weight excluding hydrogens is 326 g/mol. The number of aromatic nitrogens is 1. The molecule has 2 aromatic rings. The fraction of sp³-hybridized carbons (Fsp3) is 0.429. The molecule has 1 saturated heterocycles. The van der Waals surface area contributed by atoms with Crippen LogP contribution >= 0.6 is 0 Å². The molecule has 26 heavy (non-hydrogen) atoms. The summed E-state index contributed by atoms with van der Waals surface area (Å²) in [7, 11) is 0. The number of hydrogen-bond acceptors (Lipinski definition) is 4. The lowest BCUT2D eigenvalue weighted by Gasteiger charge is -2.24. The minimum atomic E-state index is -0.507. The molecular formula is C21H27N3O2. The zero-order chi connectivity index (χ0) is 18.6. The Kier molecular flexibility index (Phi) is 5.57. The van der Waals surface area contributed by atoms with Crippen LogP contribution in [-0.4, -0.2) is 40.7 Å². The van der Waals surface area contributed by atoms with Crippen molar-refractivity contribution in [1.29, 1.82) is 0 Å². The van der Waals surface area contributed by atoms with E-state index in [-0.39, 0.29) is 18.1 Å². The Labute approximate surface area is 155 Å². The second-order valence-corrected chi connectivity index (χ2v) is 7.79. The molecule has 5 heteroatoms. The number of hydrogen-bond donors (Lipinski definition) is 1. The predicted octanol–water partition coefficient (Wildman–Crippen LogP) is 3.57. The van der Waals surface area contributed by atoms with Crippen molar-refractivity contribution in [1.82, 2.24) is 15.2 Å². The molecule has 1 aromatic carbocycles. The van der Waals surface area contributed by atoms with E-state index in [1.165, 1.54) is 5.56 Å². The molecule has 2 unspecified atom stereocenters. The Hall–Kier alpha value is -2.40. The summed E-state index contributed by atoms with van der Waals surface area (Å²) in [6, 6.07) is 16.3. The van der Waals surface area contributed by atoms with Gasteiger partial charge in [-0.25, -0.2) is 4.79 Å². The van der Waals surface area contributed by atoms with Gasteiger partial charge in [-0.05, 0) is 38.5 Å². The van der Waals surface area contributed by atoms with E-state index in [0.29, 0.717) is 0 Å². The third kappa shape index (κ3) is 5.05. The lowest BCUT2D eigenvalue weighted by atomic mass is 9.99. The van der Waals surface area contributed by atoms with E-state index in [2.05, 4.69) is 39.5 Å². The summed E-state index contributed by atoms with van der Waals surface area (Å²) >= 11 is 0. The summed E-state index contributed by atoms with van der Waals surface area (Å²) < 4.78 is 5.45. The Balaban J connectivity index is 1.72. The first-order chi connectivity index (χ1) is 12.4. The Morgan fingerprint density at radius 2 is 1.88 bits per heavy atom. The summed E-state index contributed by atoms with van der Waals surface area (Å²) in [5.74, 6) is 0.146. The lowest BCUT2D eigenvalue weighted by molar-refractivity contribution is 0.0502. The number of pyridine rings is 1. The third-order valence-corrected chi connectivity index (χ3v) is 4.41. The van der Waals surface area contributed by atoms with E-state index in [4.69, 9.17) is 4.74 Å². The molecule has 0 spiro atoms. The van der Waals surface area contributed by atoms with Crippen molar-refractivity contribution in [3.8, 4) is 0 Å². The summed E-state index contributed by atoms with van der Waals surface area (Å²) in [6.45, 7) is 8.11. The van der Waals surface area contributed by atoms with Gasteiger partial charge < -0.3 is 10.1 Å². The van der Waals surface area contributed by atoms with Crippen molar-refractivity contribution in [2.75, 3.05) is 13.1 Å². The molecule has 1 N–H and O–H groups in total. The van der Waals surface area contributed by atoms with E-state index < -0.39 is 5.60 Å². The van der Waals surface area contributed by atoms with Crippen molar-refractivity contribution < 1.29 is 9.53 Å². The average Bonchev–Trinajstić information content (AvgIpc) is 2.97. The first-order valence-corrected chi connectivity index (χ1v) is 9.07. The van der Waals surface area contributed by atoms with Gasteiger partial charge in [0, 0.05) is 37.4 Å². The van der Waals surface area contributed by atoms with Gasteiger partial charge in [-0.15, -0.1) is 0 Å². The van der Waals surface area contributed by atoms with Gasteiger partial charge in [-0.3, -0.25) is 9.88 Å². The molecule has 5 nitrogen and oxygen atoms in total. The number of amides is 1. The number of rotatable bonds is 4. The molecule has 0 bridgehead atoms. The molecule has 1 fully saturated rings. The maximum absolute atomic E-state index is 12.3. The second kappa shape index (κ2) is 7.87. The van der Waals surface area contributed by atoms with Crippen LogP contribution < -0.4 is 5.32 Å². The monoisotopic (exact) mass is 353 g/mol. The van der Waals surface area contributed by atoms with Crippen LogP contribution in [0.25, 0.3) is 0 Å². The zero-order valence-corrected chi connectivity index (χ0v) is 15.7. The third-order valence-electron chi connectivity index (χ3n) is 4.41. The highest BCUT2D eigenvalue weighted by Crippen LogP contribution is 2.27. The fourth-order valence-electron chi connectivity index (χ4n) is 3.36. The van der Waals surface area contributed by atoms with Crippen molar-refractivity contribution in [3.63, 3.8) is 0 Å². The van der Waals surface area contributed by atoms with E-state index in [9.17, 15) is 4.79 Å². The number of nitrogens with zero attached hydrogens (tertiary/aromatic N) is 2. The highest BCUT2D eigenvalue weighted by molar-refractivity contribution is 5.68. The summed E-state index contributed by atoms with van der Waals surface area (Å²) in [6.07, 6.45) is 1.43. The first kappa shape index (κ1) is 18.4. The van der Waals surface area contributed by atoms with Crippen LogP contribution in [0, 0.1) is 0 Å². The van der Waals surface area contributed by atoms with Gasteiger partial charge in [-0.1, -0.05) is 36.4 Å². The predicted molar refractivity (Wildman–Crippen MR) is 102 cm³/mol. The van der Waals surface area contributed by atoms with Crippen LogP contribution in [0.1, 0.15) is 37.9 Å². The molecule has 0 aliphatic carbocycles. The normalized spacial score (nSPS) is 20.7. The van der Waals surface area contributed by atoms with E-state index >= 15 is 0 Å². The number of carbonyl (C=O) groups is 1. The Morgan fingerprint density at radius 1 is 1.15 bits per heavy atom. The molecule has 1 aliphatic rings. The second-order valence-electron chi connectivity index (χ2n) is 7.79. The van der Waals surface area contributed by atoms with Crippen molar-refractivity contribution >= 4 is 6.09 Å². The smallest absolute Gasteiger partial charge is 0.407 e. The van der Waals surface area contributed by atoms with Crippen LogP contribution in [0.15, 0.2) is 54.7 Å². The highest BCUT2D eigenvalue weighted by Gasteiger charge is 2.36. The molecule has 0 saturated carbocycles. The van der Waals surface area contributed by atoms with Gasteiger partial charge in [0.25, 0.3) is 0 Å². The van der Waals surface area contributed by atoms with E-state index in [1.54, 1.807) is 6.20 Å². The maximum Gasteiger partial charge on any atom is 0.407 e. The molecule has 2 heterocycles. The first-order valence-electron chi connectivity index (χ1n) is 9.07. The van der Waals surface area contributed by atoms with Gasteiger partial charge in [0.1, 0.15) is 5.60 Å². The minimum Gasteiger partial charge on any atom is -0.444 e. The SMILES string of the molecule is CC(C)(C)OC(=O)NC1CN(Cc2ccccc2)CC1c1ccccn1. The highest BCUT2D eigenvalue weighted by atomic mass is 16.6. The van der Waals surface area contributed by atoms with Gasteiger partial charge in [0.05, 0.1) is 6.04 Å². The van der Waals surface area contributed by atoms with Crippen LogP contribution in [-0.2, 0) is 11.3 Å². The van der Waals surface area contributed by atoms with Crippen molar-refractivity contribution in [2.24, 2.45) is 0 Å². The molecule has 1 aliphatic heterocycles. The van der Waals surface area contributed by atoms with Gasteiger partial charge in [0.15, 0.2) is 0 Å². The number of benzene rings is 1. The molecule has 2 atom stereocenters. The fourth-order valence-corrected chi connectivity index (χ4v) is 3.36. The standard InChI is InChI=1S/C21H27N3O2/c1-21(2,3)26-20(25)23-19-15-24(13-16-9-5-4-6-10-16)14-17(19)18-11-7-8-12-22-18/h4-12,17,19H,13-15H2,1-3H3,(H,23,25). The number of alkyl carbamates (subject to hydrolysis) is 1. The topological polar surface area (TPSA) is 54.5 Å². The Morgan fingerprint density at radius 3 is 2.54 bits per heavy atom. The van der Waals surface area contributed by atoms with E-state index in [1.807, 2.05) is 45.0 Å². The van der Waals surface area contributed by atoms with Crippen LogP contribution in [0.5, 0.6) is 0 Å². The molecule has 138 valence electrons. The number of ether oxygens (including phenoxy) is 1. The largest absolute Gasteiger partial charge is 0.444 e. The number of likely N-dealkylation sites (tertiary alicyclic amines) is 1. The number of nitrogens with one attached hydrogen (secondary N) is 1. The summed E-state index contributed by atoms with van der Waals surface area (Å²) in [5, 5.41) is 3.06. The molecule has 1 amide bonds. The summed E-state index contributed by atoms with van der Waals surface area (Å²) in [5.41, 5.74) is 1.77. The summed E-state index contributed by atoms with van der Waals surface area (Å²) in [4.78, 5) is 19.2. The maximum atomic E-state index is 12.3. The number of carbonyl (C=O) groups excluding carboxylic acids is 1. The Bertz CT molecular complexity index is 713. The van der Waals surface area contributed by atoms with Gasteiger partial charge >= 0.3 is 6.09 Å². The van der Waals surface area contributed by atoms with Gasteiger partial charge in [-0.2, -0.15) is 0 Å². The zero-order valence-electron chi connectivity index (χ0n) is 15.7. The van der Waals surface area contributed by atoms with Crippen molar-refractivity contribution in [3.05, 3.63) is 66.0 Å². The minimum absolute atomic E-state index is 0.0246. The molecule has 0 radical (unpaired) electrons. The molecule has 1 aromatic heterocycles. The van der Waals surface area contributed by atoms with Gasteiger partial charge in [0.2, 0.25) is 0 Å².